The zero-order valence-electron chi connectivity index (χ0n) is 17.9. The fourth-order valence-corrected chi connectivity index (χ4v) is 4.76. The molecule has 0 spiro atoms. The minimum atomic E-state index is -0.0675. The van der Waals surface area contributed by atoms with Crippen LogP contribution in [0, 0.1) is 13.8 Å². The fraction of sp³-hybridized carbons (Fsp3) is 0.455. The van der Waals surface area contributed by atoms with Gasteiger partial charge in [0.15, 0.2) is 0 Å². The van der Waals surface area contributed by atoms with E-state index in [0.29, 0.717) is 44.9 Å². The van der Waals surface area contributed by atoms with E-state index in [2.05, 4.69) is 21.5 Å². The molecule has 1 aliphatic rings. The molecule has 0 saturated carbocycles. The average Bonchev–Trinajstić information content (AvgIpc) is 3.34. The number of thiazole rings is 1. The molecule has 0 aliphatic carbocycles. The monoisotopic (exact) mass is 441 g/mol. The Bertz CT molecular complexity index is 1020. The van der Waals surface area contributed by atoms with Gasteiger partial charge < -0.3 is 19.6 Å². The second-order valence-electron chi connectivity index (χ2n) is 7.76. The number of fused-ring (bicyclic) bond motifs is 1. The quantitative estimate of drug-likeness (QED) is 0.594. The van der Waals surface area contributed by atoms with E-state index in [4.69, 9.17) is 4.52 Å². The highest BCUT2D eigenvalue weighted by atomic mass is 32.1. The summed E-state index contributed by atoms with van der Waals surface area (Å²) in [5.74, 6) is 0.736. The number of hydrogen-bond acceptors (Lipinski definition) is 6. The number of carbonyl (C=O) groups excluding carboxylic acids is 2. The first kappa shape index (κ1) is 21.3. The number of aromatic nitrogens is 2. The van der Waals surface area contributed by atoms with Crippen LogP contribution in [0.3, 0.4) is 0 Å². The van der Waals surface area contributed by atoms with E-state index >= 15 is 0 Å². The van der Waals surface area contributed by atoms with Gasteiger partial charge in [-0.2, -0.15) is 0 Å². The van der Waals surface area contributed by atoms with Crippen LogP contribution in [0.2, 0.25) is 0 Å². The van der Waals surface area contributed by atoms with Gasteiger partial charge in [0, 0.05) is 44.7 Å². The Morgan fingerprint density at radius 3 is 2.58 bits per heavy atom. The fourth-order valence-electron chi connectivity index (χ4n) is 3.75. The number of aryl methyl sites for hydroxylation is 3. The molecule has 0 atom stereocenters. The lowest BCUT2D eigenvalue weighted by Gasteiger charge is -2.34. The van der Waals surface area contributed by atoms with Crippen molar-refractivity contribution >= 4 is 33.5 Å². The molecule has 1 aromatic carbocycles. The lowest BCUT2D eigenvalue weighted by molar-refractivity contribution is -0.131. The van der Waals surface area contributed by atoms with Gasteiger partial charge in [-0.15, -0.1) is 11.3 Å². The molecule has 3 heterocycles. The van der Waals surface area contributed by atoms with Crippen LogP contribution >= 0.6 is 11.3 Å². The molecule has 31 heavy (non-hydrogen) atoms. The van der Waals surface area contributed by atoms with E-state index in [1.165, 1.54) is 4.70 Å². The van der Waals surface area contributed by atoms with Crippen LogP contribution in [0.4, 0.5) is 4.79 Å². The molecular weight excluding hydrogens is 414 g/mol. The highest BCUT2D eigenvalue weighted by molar-refractivity contribution is 7.18. The Kier molecular flexibility index (Phi) is 6.50. The van der Waals surface area contributed by atoms with Crippen molar-refractivity contribution in [2.75, 3.05) is 32.7 Å². The van der Waals surface area contributed by atoms with Gasteiger partial charge in [0.25, 0.3) is 0 Å². The number of piperazine rings is 1. The summed E-state index contributed by atoms with van der Waals surface area (Å²) in [7, 11) is 0. The third-order valence-corrected chi connectivity index (χ3v) is 6.71. The topological polar surface area (TPSA) is 91.6 Å². The maximum atomic E-state index is 12.6. The summed E-state index contributed by atoms with van der Waals surface area (Å²) in [5, 5.41) is 7.99. The first-order valence-electron chi connectivity index (χ1n) is 10.6. The van der Waals surface area contributed by atoms with Crippen molar-refractivity contribution in [3.8, 4) is 0 Å². The first-order valence-corrected chi connectivity index (χ1v) is 11.4. The summed E-state index contributed by atoms with van der Waals surface area (Å²) in [6, 6.07) is 8.06. The van der Waals surface area contributed by atoms with Crippen LogP contribution in [0.15, 0.2) is 28.8 Å². The number of urea groups is 1. The summed E-state index contributed by atoms with van der Waals surface area (Å²) < 4.78 is 6.33. The highest BCUT2D eigenvalue weighted by Gasteiger charge is 2.25. The molecule has 1 saturated heterocycles. The van der Waals surface area contributed by atoms with Gasteiger partial charge in [-0.05, 0) is 32.4 Å². The van der Waals surface area contributed by atoms with Crippen molar-refractivity contribution in [2.45, 2.75) is 33.1 Å². The van der Waals surface area contributed by atoms with Crippen LogP contribution in [0.5, 0.6) is 0 Å². The summed E-state index contributed by atoms with van der Waals surface area (Å²) in [6.07, 6.45) is 1.99. The maximum absolute atomic E-state index is 12.6. The normalized spacial score (nSPS) is 14.3. The van der Waals surface area contributed by atoms with Crippen LogP contribution in [0.1, 0.15) is 28.4 Å². The Hall–Kier alpha value is -2.94. The van der Waals surface area contributed by atoms with Gasteiger partial charge in [0.05, 0.1) is 27.3 Å². The number of hydrogen-bond donors (Lipinski definition) is 1. The summed E-state index contributed by atoms with van der Waals surface area (Å²) in [6.45, 7) is 6.44. The van der Waals surface area contributed by atoms with E-state index in [1.807, 2.05) is 36.9 Å². The SMILES string of the molecule is Cc1noc(C)c1CC(=O)N1CCN(C(=O)NCCCc2nc3ccccc3s2)CC1. The number of amides is 3. The van der Waals surface area contributed by atoms with Crippen molar-refractivity contribution in [3.05, 3.63) is 46.3 Å². The molecule has 2 aromatic heterocycles. The molecule has 0 radical (unpaired) electrons. The maximum Gasteiger partial charge on any atom is 0.317 e. The first-order chi connectivity index (χ1) is 15.0. The highest BCUT2D eigenvalue weighted by Crippen LogP contribution is 2.22. The molecule has 164 valence electrons. The van der Waals surface area contributed by atoms with Gasteiger partial charge in [-0.1, -0.05) is 17.3 Å². The van der Waals surface area contributed by atoms with E-state index in [0.717, 1.165) is 34.6 Å². The zero-order valence-corrected chi connectivity index (χ0v) is 18.7. The molecule has 0 unspecified atom stereocenters. The summed E-state index contributed by atoms with van der Waals surface area (Å²) in [4.78, 5) is 33.3. The summed E-state index contributed by atoms with van der Waals surface area (Å²) in [5.41, 5.74) is 2.65. The van der Waals surface area contributed by atoms with Crippen molar-refractivity contribution in [1.82, 2.24) is 25.3 Å². The van der Waals surface area contributed by atoms with Gasteiger partial charge in [-0.3, -0.25) is 4.79 Å². The molecule has 1 fully saturated rings. The van der Waals surface area contributed by atoms with E-state index < -0.39 is 0 Å². The number of rotatable bonds is 6. The second-order valence-corrected chi connectivity index (χ2v) is 8.87. The number of nitrogens with zero attached hydrogens (tertiary/aromatic N) is 4. The van der Waals surface area contributed by atoms with Gasteiger partial charge in [0.2, 0.25) is 5.91 Å². The van der Waals surface area contributed by atoms with Crippen LogP contribution in [-0.2, 0) is 17.6 Å². The zero-order chi connectivity index (χ0) is 21.8. The van der Waals surface area contributed by atoms with E-state index in [-0.39, 0.29) is 11.9 Å². The molecular formula is C22H27N5O3S. The Morgan fingerprint density at radius 2 is 1.87 bits per heavy atom. The molecule has 1 aliphatic heterocycles. The predicted molar refractivity (Wildman–Crippen MR) is 119 cm³/mol. The standard InChI is InChI=1S/C22H27N5O3S/c1-15-17(16(2)30-25-15)14-21(28)26-10-12-27(13-11-26)22(29)23-9-5-8-20-24-18-6-3-4-7-19(18)31-20/h3-4,6-7H,5,8-14H2,1-2H3,(H,23,29). The predicted octanol–water partition coefficient (Wildman–Crippen LogP) is 2.93. The van der Waals surface area contributed by atoms with Gasteiger partial charge >= 0.3 is 6.03 Å². The molecule has 3 amide bonds. The minimum absolute atomic E-state index is 0.0466. The van der Waals surface area contributed by atoms with Crippen LogP contribution in [0.25, 0.3) is 10.2 Å². The van der Waals surface area contributed by atoms with Crippen LogP contribution in [-0.4, -0.2) is 64.6 Å². The van der Waals surface area contributed by atoms with Crippen molar-refractivity contribution in [1.29, 1.82) is 0 Å². The molecule has 0 bridgehead atoms. The Labute approximate surface area is 185 Å². The number of nitrogens with one attached hydrogen (secondary N) is 1. The lowest BCUT2D eigenvalue weighted by atomic mass is 10.1. The smallest absolute Gasteiger partial charge is 0.317 e. The lowest BCUT2D eigenvalue weighted by Crippen LogP contribution is -2.53. The molecule has 4 rings (SSSR count). The largest absolute Gasteiger partial charge is 0.361 e. The summed E-state index contributed by atoms with van der Waals surface area (Å²) >= 11 is 1.71. The minimum Gasteiger partial charge on any atom is -0.361 e. The second kappa shape index (κ2) is 9.47. The third kappa shape index (κ3) is 5.04. The van der Waals surface area contributed by atoms with Gasteiger partial charge in [-0.25, -0.2) is 9.78 Å². The third-order valence-electron chi connectivity index (χ3n) is 5.61. The van der Waals surface area contributed by atoms with E-state index in [9.17, 15) is 9.59 Å². The average molecular weight is 442 g/mol. The van der Waals surface area contributed by atoms with Crippen molar-refractivity contribution in [3.63, 3.8) is 0 Å². The molecule has 3 aromatic rings. The molecule has 8 nitrogen and oxygen atoms in total. The Morgan fingerprint density at radius 1 is 1.13 bits per heavy atom. The van der Waals surface area contributed by atoms with Gasteiger partial charge in [0.1, 0.15) is 5.76 Å². The number of benzene rings is 1. The molecule has 9 heteroatoms. The number of carbonyl (C=O) groups is 2. The molecule has 1 N–H and O–H groups in total. The Balaban J connectivity index is 1.17. The van der Waals surface area contributed by atoms with Crippen molar-refractivity contribution < 1.29 is 14.1 Å². The van der Waals surface area contributed by atoms with Crippen LogP contribution < -0.4 is 5.32 Å². The van der Waals surface area contributed by atoms with E-state index in [1.54, 1.807) is 16.2 Å². The number of para-hydroxylation sites is 1. The van der Waals surface area contributed by atoms with Crippen molar-refractivity contribution in [2.24, 2.45) is 0 Å².